The smallest absolute Gasteiger partial charge is 0.315 e. The van der Waals surface area contributed by atoms with Crippen LogP contribution in [0.15, 0.2) is 41.8 Å². The minimum atomic E-state index is 0.0301. The Hall–Kier alpha value is -1.99. The van der Waals surface area contributed by atoms with Crippen LogP contribution in [0.2, 0.25) is 0 Å². The molecule has 2 fully saturated rings. The summed E-state index contributed by atoms with van der Waals surface area (Å²) in [7, 11) is 1.99. The Morgan fingerprint density at radius 1 is 1.00 bits per heavy atom. The Labute approximate surface area is 238 Å². The third-order valence-electron chi connectivity index (χ3n) is 6.98. The van der Waals surface area contributed by atoms with E-state index >= 15 is 0 Å². The molecular weight excluding hydrogens is 509 g/mol. The molecule has 210 valence electrons. The van der Waals surface area contributed by atoms with Crippen molar-refractivity contribution in [3.05, 3.63) is 52.3 Å². The van der Waals surface area contributed by atoms with E-state index in [1.807, 2.05) is 40.9 Å². The lowest BCUT2D eigenvalue weighted by Gasteiger charge is -2.16. The summed E-state index contributed by atoms with van der Waals surface area (Å²) < 4.78 is 1.95. The zero-order chi connectivity index (χ0) is 27.7. The molecule has 4 heterocycles. The van der Waals surface area contributed by atoms with Gasteiger partial charge >= 0.3 is 6.03 Å². The summed E-state index contributed by atoms with van der Waals surface area (Å²) in [5.74, 6) is 3.18. The number of urea groups is 1. The third kappa shape index (κ3) is 9.04. The Morgan fingerprint density at radius 3 is 2.42 bits per heavy atom. The number of unbranched alkanes of at least 4 members (excludes halogenated alkanes) is 1. The first-order chi connectivity index (χ1) is 18.2. The summed E-state index contributed by atoms with van der Waals surface area (Å²) in [6.07, 6.45) is 6.44. The van der Waals surface area contributed by atoms with Gasteiger partial charge in [-0.15, -0.1) is 11.3 Å². The van der Waals surface area contributed by atoms with Crippen LogP contribution in [0.5, 0.6) is 0 Å². The van der Waals surface area contributed by atoms with Gasteiger partial charge < -0.3 is 10.6 Å². The van der Waals surface area contributed by atoms with Gasteiger partial charge in [-0.05, 0) is 48.1 Å². The first-order valence-electron chi connectivity index (χ1n) is 14.3. The predicted molar refractivity (Wildman–Crippen MR) is 166 cm³/mol. The second kappa shape index (κ2) is 15.0. The van der Waals surface area contributed by atoms with Crippen molar-refractivity contribution in [2.75, 3.05) is 5.75 Å². The average molecular weight is 557 g/mol. The lowest BCUT2D eigenvalue weighted by Crippen LogP contribution is -2.36. The molecule has 5 nitrogen and oxygen atoms in total. The summed E-state index contributed by atoms with van der Waals surface area (Å²) in [5.41, 5.74) is 2.41. The van der Waals surface area contributed by atoms with E-state index in [-0.39, 0.29) is 6.03 Å². The molecule has 2 aliphatic heterocycles. The van der Waals surface area contributed by atoms with E-state index in [0.29, 0.717) is 23.3 Å². The molecule has 5 rings (SSSR count). The van der Waals surface area contributed by atoms with Gasteiger partial charge in [-0.25, -0.2) is 4.79 Å². The normalized spacial score (nSPS) is 20.2. The number of nitrogens with one attached hydrogen (secondary N) is 2. The number of carbonyl (C=O) groups excluding carboxylic acids is 1. The molecule has 3 aromatic rings. The number of aryl methyl sites for hydroxylation is 1. The number of hydrogen-bond donors (Lipinski definition) is 2. The Morgan fingerprint density at radius 2 is 1.76 bits per heavy atom. The molecule has 38 heavy (non-hydrogen) atoms. The molecule has 2 aliphatic rings. The highest BCUT2D eigenvalue weighted by Gasteiger charge is 2.42. The molecule has 3 atom stereocenters. The number of aromatic nitrogens is 2. The van der Waals surface area contributed by atoms with E-state index in [1.54, 1.807) is 0 Å². The third-order valence-corrected chi connectivity index (χ3v) is 9.39. The number of thioether (sulfide) groups is 1. The molecule has 7 heteroatoms. The number of benzene rings is 1. The van der Waals surface area contributed by atoms with Gasteiger partial charge in [0.1, 0.15) is 0 Å². The minimum absolute atomic E-state index is 0.0301. The zero-order valence-electron chi connectivity index (χ0n) is 24.4. The number of carbonyl (C=O) groups is 1. The zero-order valence-corrected chi connectivity index (χ0v) is 26.0. The maximum Gasteiger partial charge on any atom is 0.315 e. The molecule has 0 bridgehead atoms. The van der Waals surface area contributed by atoms with E-state index in [2.05, 4.69) is 93.0 Å². The molecular formula is C31H48N4OS2. The highest BCUT2D eigenvalue weighted by Crippen LogP contribution is 2.33. The van der Waals surface area contributed by atoms with Crippen LogP contribution in [-0.2, 0) is 13.5 Å². The molecule has 0 aliphatic carbocycles. The van der Waals surface area contributed by atoms with Gasteiger partial charge in [-0.3, -0.25) is 4.68 Å². The molecule has 3 unspecified atom stereocenters. The molecule has 0 radical (unpaired) electrons. The summed E-state index contributed by atoms with van der Waals surface area (Å²) in [6.45, 7) is 13.4. The summed E-state index contributed by atoms with van der Waals surface area (Å²) >= 11 is 3.87. The highest BCUT2D eigenvalue weighted by atomic mass is 32.2. The number of para-hydroxylation sites is 1. The number of rotatable bonds is 8. The van der Waals surface area contributed by atoms with Crippen molar-refractivity contribution in [2.45, 2.75) is 96.9 Å². The fourth-order valence-electron chi connectivity index (χ4n) is 5.04. The number of nitrogens with zero attached hydrogens (tertiary/aromatic N) is 2. The van der Waals surface area contributed by atoms with Crippen LogP contribution in [0, 0.1) is 11.8 Å². The molecule has 0 saturated carbocycles. The van der Waals surface area contributed by atoms with Crippen molar-refractivity contribution in [2.24, 2.45) is 18.9 Å². The minimum Gasteiger partial charge on any atom is -0.332 e. The molecule has 2 amide bonds. The molecule has 2 aromatic heterocycles. The summed E-state index contributed by atoms with van der Waals surface area (Å²) in [6, 6.07) is 13.5. The van der Waals surface area contributed by atoms with Crippen molar-refractivity contribution < 1.29 is 4.79 Å². The lowest BCUT2D eigenvalue weighted by molar-refractivity contribution is 0.247. The summed E-state index contributed by atoms with van der Waals surface area (Å²) in [5, 5.41) is 14.6. The first kappa shape index (κ1) is 30.6. The maximum absolute atomic E-state index is 11.2. The highest BCUT2D eigenvalue weighted by molar-refractivity contribution is 8.00. The van der Waals surface area contributed by atoms with Crippen LogP contribution in [0.25, 0.3) is 10.9 Å². The standard InChI is InChI=1S/C12H22N2OS.C11H14N2.C8H12S/c1-8(2)5-3-4-6-10-11-9(7-16-10)13-12(15)14-11;1-8(2)11-9-6-4-5-7-10(9)13(3)12-11;1-7(2)6-8-4-3-5-9-8/h8-11H,3-7H2,1-2H3,(H2,13,14,15);4-8H,1-3H3;3-5,7H,6H2,1-2H3. The van der Waals surface area contributed by atoms with Crippen LogP contribution in [0.1, 0.15) is 83.7 Å². The predicted octanol–water partition coefficient (Wildman–Crippen LogP) is 8.01. The van der Waals surface area contributed by atoms with Gasteiger partial charge in [0, 0.05) is 28.3 Å². The van der Waals surface area contributed by atoms with Crippen molar-refractivity contribution in [3.8, 4) is 0 Å². The largest absolute Gasteiger partial charge is 0.332 e. The average Bonchev–Trinajstić information content (AvgIpc) is 3.64. The summed E-state index contributed by atoms with van der Waals surface area (Å²) in [4.78, 5) is 12.7. The van der Waals surface area contributed by atoms with E-state index in [1.165, 1.54) is 53.6 Å². The fraction of sp³-hybridized carbons (Fsp3) is 0.613. The van der Waals surface area contributed by atoms with Gasteiger partial charge in [0.15, 0.2) is 0 Å². The monoisotopic (exact) mass is 556 g/mol. The molecule has 2 N–H and O–H groups in total. The number of fused-ring (bicyclic) bond motifs is 2. The van der Waals surface area contributed by atoms with Crippen LogP contribution in [0.4, 0.5) is 4.79 Å². The fourth-order valence-corrected chi connectivity index (χ4v) is 7.50. The van der Waals surface area contributed by atoms with E-state index < -0.39 is 0 Å². The number of hydrogen-bond acceptors (Lipinski definition) is 4. The van der Waals surface area contributed by atoms with Crippen LogP contribution in [0.3, 0.4) is 0 Å². The van der Waals surface area contributed by atoms with E-state index in [0.717, 1.165) is 17.6 Å². The maximum atomic E-state index is 11.2. The Kier molecular flexibility index (Phi) is 12.0. The lowest BCUT2D eigenvalue weighted by atomic mass is 10.0. The van der Waals surface area contributed by atoms with Gasteiger partial charge in [0.25, 0.3) is 0 Å². The van der Waals surface area contributed by atoms with E-state index in [9.17, 15) is 4.79 Å². The van der Waals surface area contributed by atoms with Crippen molar-refractivity contribution >= 4 is 40.0 Å². The van der Waals surface area contributed by atoms with Crippen molar-refractivity contribution in [3.63, 3.8) is 0 Å². The topological polar surface area (TPSA) is 59.0 Å². The second-order valence-corrected chi connectivity index (χ2v) is 14.0. The Bertz CT molecular complexity index is 1110. The SMILES string of the molecule is CC(C)CCCCC1SCC2NC(=O)NC21.CC(C)Cc1cccs1.CC(C)c1nn(C)c2ccccc12. The van der Waals surface area contributed by atoms with Gasteiger partial charge in [-0.2, -0.15) is 16.9 Å². The first-order valence-corrected chi connectivity index (χ1v) is 16.2. The second-order valence-electron chi connectivity index (χ2n) is 11.7. The number of amides is 2. The molecule has 0 spiro atoms. The molecule has 1 aromatic carbocycles. The van der Waals surface area contributed by atoms with Crippen LogP contribution in [-0.4, -0.2) is 38.9 Å². The van der Waals surface area contributed by atoms with Crippen molar-refractivity contribution in [1.82, 2.24) is 20.4 Å². The number of thiophene rings is 1. The van der Waals surface area contributed by atoms with Crippen LogP contribution < -0.4 is 10.6 Å². The quantitative estimate of drug-likeness (QED) is 0.218. The van der Waals surface area contributed by atoms with Gasteiger partial charge in [0.2, 0.25) is 0 Å². The van der Waals surface area contributed by atoms with Crippen LogP contribution >= 0.6 is 23.1 Å². The van der Waals surface area contributed by atoms with Gasteiger partial charge in [0.05, 0.1) is 23.3 Å². The van der Waals surface area contributed by atoms with E-state index in [4.69, 9.17) is 0 Å². The Balaban J connectivity index is 0.000000164. The van der Waals surface area contributed by atoms with Crippen molar-refractivity contribution in [1.29, 1.82) is 0 Å². The molecule has 2 saturated heterocycles. The van der Waals surface area contributed by atoms with Gasteiger partial charge in [-0.1, -0.05) is 85.1 Å².